The standard InChI is InChI=1S/C23H23N3O2/c1-13(2)26(4)21-12-18-11-16(23(27)28)6-8-20(18)25-22(21)15-5-7-19-17(10-15)9-14(3)24-19/h5-13,24H,1-4H3,(H,27,28). The lowest BCUT2D eigenvalue weighted by atomic mass is 10.0. The van der Waals surface area contributed by atoms with Crippen LogP contribution < -0.4 is 4.90 Å². The molecule has 0 saturated heterocycles. The molecule has 0 bridgehead atoms. The SMILES string of the molecule is Cc1cc2cc(-c3nc4ccc(C(=O)O)cc4cc3N(C)C(C)C)ccc2[nH]1. The first-order chi connectivity index (χ1) is 13.3. The molecule has 142 valence electrons. The van der Waals surface area contributed by atoms with Gasteiger partial charge in [-0.25, -0.2) is 9.78 Å². The molecule has 0 radical (unpaired) electrons. The van der Waals surface area contributed by atoms with Crippen molar-refractivity contribution < 1.29 is 9.90 Å². The van der Waals surface area contributed by atoms with Crippen LogP contribution in [0.15, 0.2) is 48.5 Å². The summed E-state index contributed by atoms with van der Waals surface area (Å²) in [6, 6.07) is 15.8. The number of aryl methyl sites for hydroxylation is 1. The fourth-order valence-corrected chi connectivity index (χ4v) is 3.48. The first-order valence-corrected chi connectivity index (χ1v) is 9.34. The molecule has 4 rings (SSSR count). The molecule has 5 heteroatoms. The van der Waals surface area contributed by atoms with Crippen LogP contribution in [0.2, 0.25) is 0 Å². The van der Waals surface area contributed by atoms with E-state index in [0.717, 1.165) is 44.4 Å². The summed E-state index contributed by atoms with van der Waals surface area (Å²) in [4.78, 5) is 21.8. The molecule has 0 atom stereocenters. The van der Waals surface area contributed by atoms with Crippen molar-refractivity contribution in [3.05, 3.63) is 59.8 Å². The van der Waals surface area contributed by atoms with Gasteiger partial charge in [0.2, 0.25) is 0 Å². The summed E-state index contributed by atoms with van der Waals surface area (Å²) in [6.45, 7) is 6.30. The predicted octanol–water partition coefficient (Wildman–Crippen LogP) is 5.23. The molecule has 4 aromatic rings. The third-order valence-electron chi connectivity index (χ3n) is 5.23. The summed E-state index contributed by atoms with van der Waals surface area (Å²) in [7, 11) is 2.04. The third kappa shape index (κ3) is 3.09. The van der Waals surface area contributed by atoms with Crippen LogP contribution in [-0.2, 0) is 0 Å². The van der Waals surface area contributed by atoms with E-state index in [-0.39, 0.29) is 11.6 Å². The zero-order chi connectivity index (χ0) is 20.0. The van der Waals surface area contributed by atoms with Gasteiger partial charge in [0, 0.05) is 40.6 Å². The van der Waals surface area contributed by atoms with Crippen molar-refractivity contribution in [1.29, 1.82) is 0 Å². The average Bonchev–Trinajstić information content (AvgIpc) is 3.04. The molecule has 0 spiro atoms. The number of aromatic amines is 1. The lowest BCUT2D eigenvalue weighted by molar-refractivity contribution is 0.0697. The van der Waals surface area contributed by atoms with E-state index in [1.54, 1.807) is 18.2 Å². The highest BCUT2D eigenvalue weighted by Crippen LogP contribution is 2.34. The molecule has 0 unspecified atom stereocenters. The Balaban J connectivity index is 1.97. The van der Waals surface area contributed by atoms with Crippen LogP contribution in [-0.4, -0.2) is 34.1 Å². The second kappa shape index (κ2) is 6.68. The van der Waals surface area contributed by atoms with Crippen LogP contribution in [0.25, 0.3) is 33.1 Å². The average molecular weight is 373 g/mol. The van der Waals surface area contributed by atoms with Crippen LogP contribution in [0.3, 0.4) is 0 Å². The van der Waals surface area contributed by atoms with E-state index in [9.17, 15) is 9.90 Å². The molecule has 2 N–H and O–H groups in total. The molecular weight excluding hydrogens is 350 g/mol. The van der Waals surface area contributed by atoms with Crippen molar-refractivity contribution in [2.24, 2.45) is 0 Å². The van der Waals surface area contributed by atoms with Gasteiger partial charge >= 0.3 is 5.97 Å². The van der Waals surface area contributed by atoms with Crippen molar-refractivity contribution in [1.82, 2.24) is 9.97 Å². The summed E-state index contributed by atoms with van der Waals surface area (Å²) >= 11 is 0. The number of hydrogen-bond donors (Lipinski definition) is 2. The number of benzene rings is 2. The van der Waals surface area contributed by atoms with E-state index in [1.807, 2.05) is 20.0 Å². The minimum Gasteiger partial charge on any atom is -0.478 e. The molecule has 2 heterocycles. The lowest BCUT2D eigenvalue weighted by Gasteiger charge is -2.26. The highest BCUT2D eigenvalue weighted by atomic mass is 16.4. The summed E-state index contributed by atoms with van der Waals surface area (Å²) in [5, 5.41) is 11.3. The minimum absolute atomic E-state index is 0.268. The Kier molecular flexibility index (Phi) is 4.30. The van der Waals surface area contributed by atoms with Gasteiger partial charge in [-0.3, -0.25) is 0 Å². The Labute approximate surface area is 163 Å². The van der Waals surface area contributed by atoms with E-state index in [1.165, 1.54) is 0 Å². The number of anilines is 1. The molecule has 0 aliphatic heterocycles. The van der Waals surface area contributed by atoms with Gasteiger partial charge in [0.05, 0.1) is 22.5 Å². The third-order valence-corrected chi connectivity index (χ3v) is 5.23. The predicted molar refractivity (Wildman–Crippen MR) is 114 cm³/mol. The number of aromatic nitrogens is 2. The number of fused-ring (bicyclic) bond motifs is 2. The van der Waals surface area contributed by atoms with E-state index < -0.39 is 5.97 Å². The van der Waals surface area contributed by atoms with Gasteiger partial charge in [-0.2, -0.15) is 0 Å². The molecular formula is C23H23N3O2. The number of H-pyrrole nitrogens is 1. The molecule has 0 aliphatic carbocycles. The summed E-state index contributed by atoms with van der Waals surface area (Å²) < 4.78 is 0. The van der Waals surface area contributed by atoms with Crippen molar-refractivity contribution in [3.63, 3.8) is 0 Å². The van der Waals surface area contributed by atoms with Crippen LogP contribution in [0, 0.1) is 6.92 Å². The highest BCUT2D eigenvalue weighted by Gasteiger charge is 2.16. The van der Waals surface area contributed by atoms with Gasteiger partial charge in [0.25, 0.3) is 0 Å². The van der Waals surface area contributed by atoms with E-state index in [4.69, 9.17) is 4.98 Å². The smallest absolute Gasteiger partial charge is 0.335 e. The maximum atomic E-state index is 11.4. The van der Waals surface area contributed by atoms with E-state index in [2.05, 4.69) is 48.0 Å². The van der Waals surface area contributed by atoms with Gasteiger partial charge in [0.1, 0.15) is 0 Å². The van der Waals surface area contributed by atoms with Crippen LogP contribution in [0.1, 0.15) is 29.9 Å². The van der Waals surface area contributed by atoms with Gasteiger partial charge in [-0.05, 0) is 63.2 Å². The Hall–Kier alpha value is -3.34. The molecule has 0 saturated carbocycles. The molecule has 0 amide bonds. The van der Waals surface area contributed by atoms with Gasteiger partial charge in [-0.1, -0.05) is 6.07 Å². The largest absolute Gasteiger partial charge is 0.478 e. The topological polar surface area (TPSA) is 69.2 Å². The van der Waals surface area contributed by atoms with Crippen molar-refractivity contribution >= 4 is 33.5 Å². The molecule has 0 aliphatic rings. The van der Waals surface area contributed by atoms with Crippen LogP contribution >= 0.6 is 0 Å². The first kappa shape index (κ1) is 18.0. The zero-order valence-corrected chi connectivity index (χ0v) is 16.4. The second-order valence-corrected chi connectivity index (χ2v) is 7.53. The number of nitrogens with zero attached hydrogens (tertiary/aromatic N) is 2. The molecule has 5 nitrogen and oxygen atoms in total. The van der Waals surface area contributed by atoms with E-state index in [0.29, 0.717) is 0 Å². The highest BCUT2D eigenvalue weighted by molar-refractivity contribution is 5.97. The Morgan fingerprint density at radius 1 is 1.07 bits per heavy atom. The summed E-state index contributed by atoms with van der Waals surface area (Å²) in [6.07, 6.45) is 0. The number of nitrogens with one attached hydrogen (secondary N) is 1. The number of rotatable bonds is 4. The number of carbonyl (C=O) groups is 1. The summed E-state index contributed by atoms with van der Waals surface area (Å²) in [5.41, 5.74) is 6.20. The number of hydrogen-bond acceptors (Lipinski definition) is 3. The molecule has 0 fully saturated rings. The molecule has 2 aromatic heterocycles. The van der Waals surface area contributed by atoms with Crippen molar-refractivity contribution in [2.75, 3.05) is 11.9 Å². The Morgan fingerprint density at radius 3 is 2.57 bits per heavy atom. The summed E-state index contributed by atoms with van der Waals surface area (Å²) in [5.74, 6) is -0.932. The molecule has 2 aromatic carbocycles. The Morgan fingerprint density at radius 2 is 1.86 bits per heavy atom. The number of carboxylic acid groups (broad SMARTS) is 1. The van der Waals surface area contributed by atoms with Gasteiger partial charge in [-0.15, -0.1) is 0 Å². The number of carboxylic acids is 1. The number of pyridine rings is 1. The zero-order valence-electron chi connectivity index (χ0n) is 16.4. The maximum absolute atomic E-state index is 11.4. The lowest BCUT2D eigenvalue weighted by Crippen LogP contribution is -2.26. The van der Waals surface area contributed by atoms with Crippen molar-refractivity contribution in [3.8, 4) is 11.3 Å². The Bertz CT molecular complexity index is 1210. The number of aromatic carboxylic acids is 1. The monoisotopic (exact) mass is 373 g/mol. The quantitative estimate of drug-likeness (QED) is 0.514. The van der Waals surface area contributed by atoms with Crippen LogP contribution in [0.4, 0.5) is 5.69 Å². The van der Waals surface area contributed by atoms with Gasteiger partial charge < -0.3 is 15.0 Å². The molecule has 28 heavy (non-hydrogen) atoms. The minimum atomic E-state index is -0.932. The second-order valence-electron chi connectivity index (χ2n) is 7.53. The van der Waals surface area contributed by atoms with Crippen molar-refractivity contribution in [2.45, 2.75) is 26.8 Å². The van der Waals surface area contributed by atoms with E-state index >= 15 is 0 Å². The first-order valence-electron chi connectivity index (χ1n) is 9.34. The van der Waals surface area contributed by atoms with Gasteiger partial charge in [0.15, 0.2) is 0 Å². The normalized spacial score (nSPS) is 11.5. The fraction of sp³-hybridized carbons (Fsp3) is 0.217. The fourth-order valence-electron chi connectivity index (χ4n) is 3.48. The maximum Gasteiger partial charge on any atom is 0.335 e. The van der Waals surface area contributed by atoms with Crippen LogP contribution in [0.5, 0.6) is 0 Å².